The van der Waals surface area contributed by atoms with E-state index in [1.165, 1.54) is 26.8 Å². The Morgan fingerprint density at radius 2 is 1.95 bits per heavy atom. The van der Waals surface area contributed by atoms with Gasteiger partial charge in [0.15, 0.2) is 11.8 Å². The number of halogens is 4. The fraction of sp³-hybridized carbons (Fsp3) is 0.538. The molecule has 0 aromatic carbocycles. The highest BCUT2D eigenvalue weighted by atomic mass is 32.1. The topological polar surface area (TPSA) is 34.5 Å². The first-order valence-electron chi connectivity index (χ1n) is 6.17. The zero-order chi connectivity index (χ0) is 16.0. The summed E-state index contributed by atoms with van der Waals surface area (Å²) in [5.74, 6) is 0. The average molecular weight is 322 g/mol. The van der Waals surface area contributed by atoms with Crippen molar-refractivity contribution in [3.63, 3.8) is 0 Å². The van der Waals surface area contributed by atoms with Crippen molar-refractivity contribution in [2.45, 2.75) is 44.0 Å². The highest BCUT2D eigenvalue weighted by Gasteiger charge is 2.44. The molecule has 8 heteroatoms. The molecule has 3 nitrogen and oxygen atoms in total. The van der Waals surface area contributed by atoms with Gasteiger partial charge in [0.05, 0.1) is 5.25 Å². The predicted molar refractivity (Wildman–Crippen MR) is 73.2 cm³/mol. The largest absolute Gasteiger partial charge is 0.433 e. The molecule has 0 aliphatic carbocycles. The van der Waals surface area contributed by atoms with E-state index in [9.17, 15) is 17.6 Å². The molecule has 0 spiro atoms. The third-order valence-corrected chi connectivity index (χ3v) is 3.79. The van der Waals surface area contributed by atoms with E-state index >= 15 is 0 Å². The number of aryl methyl sites for hydroxylation is 1. The van der Waals surface area contributed by atoms with Crippen LogP contribution in [0.25, 0.3) is 0 Å². The fourth-order valence-corrected chi connectivity index (χ4v) is 2.44. The minimum absolute atomic E-state index is 0.0352. The summed E-state index contributed by atoms with van der Waals surface area (Å²) in [4.78, 5) is 8.50. The molecule has 2 heterocycles. The molecular weight excluding hydrogens is 308 g/mol. The SMILES string of the molecule is Cc1nc(C(F)(F)F)ccc1C(S)C1=NOC(C)(C)C1F. The lowest BCUT2D eigenvalue weighted by Crippen LogP contribution is -2.35. The maximum Gasteiger partial charge on any atom is 0.433 e. The molecular formula is C13H14F4N2OS. The maximum absolute atomic E-state index is 14.2. The van der Waals surface area contributed by atoms with E-state index in [0.29, 0.717) is 5.56 Å². The van der Waals surface area contributed by atoms with Crippen LogP contribution in [0.4, 0.5) is 17.6 Å². The molecule has 2 atom stereocenters. The van der Waals surface area contributed by atoms with Crippen LogP contribution in [-0.2, 0) is 11.0 Å². The van der Waals surface area contributed by atoms with Crippen molar-refractivity contribution >= 4 is 18.3 Å². The molecule has 2 unspecified atom stereocenters. The monoisotopic (exact) mass is 322 g/mol. The molecule has 116 valence electrons. The Morgan fingerprint density at radius 3 is 2.38 bits per heavy atom. The molecule has 0 fully saturated rings. The van der Waals surface area contributed by atoms with Crippen molar-refractivity contribution in [1.82, 2.24) is 4.98 Å². The molecule has 0 saturated heterocycles. The van der Waals surface area contributed by atoms with Crippen LogP contribution in [-0.4, -0.2) is 22.5 Å². The lowest BCUT2D eigenvalue weighted by molar-refractivity contribution is -0.141. The summed E-state index contributed by atoms with van der Waals surface area (Å²) in [5, 5.41) is 2.86. The summed E-state index contributed by atoms with van der Waals surface area (Å²) in [6, 6.07) is 2.09. The first kappa shape index (κ1) is 16.1. The normalized spacial score (nSPS) is 22.7. The van der Waals surface area contributed by atoms with Crippen LogP contribution < -0.4 is 0 Å². The molecule has 0 radical (unpaired) electrons. The number of pyridine rings is 1. The van der Waals surface area contributed by atoms with Crippen LogP contribution in [0.2, 0.25) is 0 Å². The Bertz CT molecular complexity index is 586. The zero-order valence-electron chi connectivity index (χ0n) is 11.6. The van der Waals surface area contributed by atoms with Gasteiger partial charge in [-0.25, -0.2) is 9.37 Å². The first-order valence-corrected chi connectivity index (χ1v) is 6.68. The van der Waals surface area contributed by atoms with Gasteiger partial charge < -0.3 is 4.84 Å². The molecule has 0 saturated carbocycles. The Hall–Kier alpha value is -1.31. The van der Waals surface area contributed by atoms with Crippen LogP contribution in [0, 0.1) is 6.92 Å². The smallest absolute Gasteiger partial charge is 0.386 e. The Balaban J connectivity index is 2.31. The second kappa shape index (κ2) is 5.15. The number of thiol groups is 1. The predicted octanol–water partition coefficient (Wildman–Crippen LogP) is 3.88. The summed E-state index contributed by atoms with van der Waals surface area (Å²) < 4.78 is 51.9. The van der Waals surface area contributed by atoms with Crippen LogP contribution in [0.1, 0.15) is 36.0 Å². The van der Waals surface area contributed by atoms with Gasteiger partial charge >= 0.3 is 6.18 Å². The second-order valence-corrected chi connectivity index (χ2v) is 5.86. The van der Waals surface area contributed by atoms with E-state index < -0.39 is 28.9 Å². The van der Waals surface area contributed by atoms with Gasteiger partial charge in [-0.2, -0.15) is 25.8 Å². The van der Waals surface area contributed by atoms with Crippen molar-refractivity contribution in [3.05, 3.63) is 29.1 Å². The van der Waals surface area contributed by atoms with Crippen LogP contribution >= 0.6 is 12.6 Å². The Kier molecular flexibility index (Phi) is 3.94. The third kappa shape index (κ3) is 3.00. The molecule has 1 aliphatic heterocycles. The number of aromatic nitrogens is 1. The standard InChI is InChI=1S/C13H14F4N2OS/c1-6-7(4-5-8(18-6)13(15,16)17)10(21)9-11(14)12(2,3)20-19-9/h4-5,10-11,21H,1-3H3. The van der Waals surface area contributed by atoms with E-state index in [-0.39, 0.29) is 11.4 Å². The summed E-state index contributed by atoms with van der Waals surface area (Å²) >= 11 is 4.26. The maximum atomic E-state index is 14.2. The third-order valence-electron chi connectivity index (χ3n) is 3.25. The molecule has 21 heavy (non-hydrogen) atoms. The minimum atomic E-state index is -4.52. The number of hydrogen-bond donors (Lipinski definition) is 1. The Labute approximate surface area is 124 Å². The minimum Gasteiger partial charge on any atom is -0.386 e. The Morgan fingerprint density at radius 1 is 1.33 bits per heavy atom. The van der Waals surface area contributed by atoms with E-state index in [2.05, 4.69) is 22.8 Å². The number of alkyl halides is 4. The summed E-state index contributed by atoms with van der Waals surface area (Å²) in [5.41, 5.74) is -1.57. The number of hydrogen-bond acceptors (Lipinski definition) is 4. The second-order valence-electron chi connectivity index (χ2n) is 5.34. The molecule has 1 aromatic heterocycles. The van der Waals surface area contributed by atoms with E-state index in [1.54, 1.807) is 0 Å². The lowest BCUT2D eigenvalue weighted by atomic mass is 9.95. The van der Waals surface area contributed by atoms with Gasteiger partial charge in [-0.3, -0.25) is 0 Å². The van der Waals surface area contributed by atoms with Gasteiger partial charge in [0.25, 0.3) is 0 Å². The summed E-state index contributed by atoms with van der Waals surface area (Å²) in [6.45, 7) is 4.49. The summed E-state index contributed by atoms with van der Waals surface area (Å²) in [7, 11) is 0. The van der Waals surface area contributed by atoms with E-state index in [1.807, 2.05) is 0 Å². The number of oxime groups is 1. The highest BCUT2D eigenvalue weighted by molar-refractivity contribution is 7.81. The molecule has 0 N–H and O–H groups in total. The molecule has 0 bridgehead atoms. The average Bonchev–Trinajstić information content (AvgIpc) is 2.62. The van der Waals surface area contributed by atoms with Crippen molar-refractivity contribution in [3.8, 4) is 0 Å². The van der Waals surface area contributed by atoms with E-state index in [0.717, 1.165) is 6.07 Å². The molecule has 2 rings (SSSR count). The van der Waals surface area contributed by atoms with Gasteiger partial charge in [0, 0.05) is 5.69 Å². The quantitative estimate of drug-likeness (QED) is 0.662. The van der Waals surface area contributed by atoms with Crippen molar-refractivity contribution in [1.29, 1.82) is 0 Å². The zero-order valence-corrected chi connectivity index (χ0v) is 12.5. The van der Waals surface area contributed by atoms with Gasteiger partial charge in [0.2, 0.25) is 0 Å². The van der Waals surface area contributed by atoms with Gasteiger partial charge in [-0.05, 0) is 32.4 Å². The van der Waals surface area contributed by atoms with Crippen molar-refractivity contribution < 1.29 is 22.4 Å². The molecule has 1 aliphatic rings. The molecule has 1 aromatic rings. The highest BCUT2D eigenvalue weighted by Crippen LogP contribution is 2.36. The fourth-order valence-electron chi connectivity index (χ4n) is 1.99. The van der Waals surface area contributed by atoms with Crippen molar-refractivity contribution in [2.75, 3.05) is 0 Å². The van der Waals surface area contributed by atoms with Gasteiger partial charge in [-0.15, -0.1) is 0 Å². The number of nitrogens with zero attached hydrogens (tertiary/aromatic N) is 2. The molecule has 0 amide bonds. The van der Waals surface area contributed by atoms with Crippen LogP contribution in [0.15, 0.2) is 17.3 Å². The number of rotatable bonds is 2. The van der Waals surface area contributed by atoms with Crippen LogP contribution in [0.3, 0.4) is 0 Å². The van der Waals surface area contributed by atoms with E-state index in [4.69, 9.17) is 4.84 Å². The van der Waals surface area contributed by atoms with Gasteiger partial charge in [-0.1, -0.05) is 11.2 Å². The summed E-state index contributed by atoms with van der Waals surface area (Å²) in [6.07, 6.45) is -6.00. The van der Waals surface area contributed by atoms with Crippen LogP contribution in [0.5, 0.6) is 0 Å². The van der Waals surface area contributed by atoms with Gasteiger partial charge in [0.1, 0.15) is 11.4 Å². The lowest BCUT2D eigenvalue weighted by Gasteiger charge is -2.20. The first-order chi connectivity index (χ1) is 9.54. The van der Waals surface area contributed by atoms with Crippen molar-refractivity contribution in [2.24, 2.45) is 5.16 Å².